The summed E-state index contributed by atoms with van der Waals surface area (Å²) in [4.78, 5) is 48.2. The Bertz CT molecular complexity index is 560. The van der Waals surface area contributed by atoms with Gasteiger partial charge in [0.2, 0.25) is 5.91 Å². The number of rotatable bonds is 7. The van der Waals surface area contributed by atoms with Crippen molar-refractivity contribution < 1.29 is 23.9 Å². The van der Waals surface area contributed by atoms with Crippen LogP contribution in [0.5, 0.6) is 0 Å². The number of amides is 4. The lowest BCUT2D eigenvalue weighted by molar-refractivity contribution is -0.160. The Balaban J connectivity index is 2.55. The van der Waals surface area contributed by atoms with Crippen LogP contribution in [0, 0.1) is 11.3 Å². The van der Waals surface area contributed by atoms with Gasteiger partial charge in [0.15, 0.2) is 6.61 Å². The highest BCUT2D eigenvalue weighted by Gasteiger charge is 2.44. The molecule has 1 aliphatic carbocycles. The molecule has 1 rings (SSSR count). The largest absolute Gasteiger partial charge is 0.455 e. The van der Waals surface area contributed by atoms with Crippen LogP contribution >= 0.6 is 0 Å². The number of carbonyl (C=O) groups is 4. The van der Waals surface area contributed by atoms with E-state index in [4.69, 9.17) is 4.74 Å². The Morgan fingerprint density at radius 1 is 1.04 bits per heavy atom. The predicted octanol–water partition coefficient (Wildman–Crippen LogP) is 1.88. The van der Waals surface area contributed by atoms with Gasteiger partial charge >= 0.3 is 12.0 Å². The summed E-state index contributed by atoms with van der Waals surface area (Å²) in [6.45, 7) is 9.38. The molecule has 4 amide bonds. The van der Waals surface area contributed by atoms with E-state index in [9.17, 15) is 19.2 Å². The molecule has 0 atom stereocenters. The Hall–Kier alpha value is -2.12. The zero-order chi connectivity index (χ0) is 20.7. The molecule has 8 nitrogen and oxygen atoms in total. The van der Waals surface area contributed by atoms with E-state index in [1.807, 2.05) is 34.6 Å². The Morgan fingerprint density at radius 2 is 1.63 bits per heavy atom. The number of nitrogens with one attached hydrogen (secondary N) is 3. The van der Waals surface area contributed by atoms with E-state index in [1.165, 1.54) is 0 Å². The smallest absolute Gasteiger partial charge is 0.321 e. The van der Waals surface area contributed by atoms with Crippen LogP contribution in [0.2, 0.25) is 0 Å². The van der Waals surface area contributed by atoms with Crippen molar-refractivity contribution in [1.29, 1.82) is 0 Å². The molecule has 0 heterocycles. The van der Waals surface area contributed by atoms with Gasteiger partial charge in [0.25, 0.3) is 5.91 Å². The molecule has 1 aliphatic rings. The van der Waals surface area contributed by atoms with E-state index in [0.29, 0.717) is 19.4 Å². The van der Waals surface area contributed by atoms with Crippen molar-refractivity contribution in [3.8, 4) is 0 Å². The number of carbonyl (C=O) groups excluding carboxylic acids is 4. The minimum Gasteiger partial charge on any atom is -0.455 e. The number of hydrogen-bond donors (Lipinski definition) is 3. The van der Waals surface area contributed by atoms with Gasteiger partial charge in [0, 0.05) is 18.5 Å². The average Bonchev–Trinajstić information content (AvgIpc) is 2.98. The zero-order valence-corrected chi connectivity index (χ0v) is 17.1. The quantitative estimate of drug-likeness (QED) is 0.581. The maximum Gasteiger partial charge on any atom is 0.321 e. The normalized spacial score (nSPS) is 15.9. The second-order valence-electron chi connectivity index (χ2n) is 8.69. The summed E-state index contributed by atoms with van der Waals surface area (Å²) in [6, 6.07) is -0.620. The molecule has 1 fully saturated rings. The van der Waals surface area contributed by atoms with Gasteiger partial charge in [-0.3, -0.25) is 19.7 Å². The standard InChI is InChI=1S/C19H33N3O5/c1-13(2)11-20-17(26)21-15(24)12-27-16(25)19(8-6-7-9-19)10-14(23)22-18(3,4)5/h13H,6-12H2,1-5H3,(H,22,23)(H2,20,21,24,26). The van der Waals surface area contributed by atoms with Gasteiger partial charge in [0.05, 0.1) is 5.41 Å². The van der Waals surface area contributed by atoms with Crippen molar-refractivity contribution in [3.63, 3.8) is 0 Å². The van der Waals surface area contributed by atoms with Crippen LogP contribution in [0.3, 0.4) is 0 Å². The van der Waals surface area contributed by atoms with Gasteiger partial charge < -0.3 is 15.4 Å². The summed E-state index contributed by atoms with van der Waals surface area (Å²) in [5.74, 6) is -1.21. The number of imide groups is 1. The fraction of sp³-hybridized carbons (Fsp3) is 0.789. The highest BCUT2D eigenvalue weighted by atomic mass is 16.5. The van der Waals surface area contributed by atoms with E-state index in [0.717, 1.165) is 12.8 Å². The van der Waals surface area contributed by atoms with E-state index in [1.54, 1.807) is 0 Å². The van der Waals surface area contributed by atoms with Gasteiger partial charge in [-0.25, -0.2) is 4.79 Å². The fourth-order valence-corrected chi connectivity index (χ4v) is 3.06. The van der Waals surface area contributed by atoms with Crippen molar-refractivity contribution in [3.05, 3.63) is 0 Å². The summed E-state index contributed by atoms with van der Waals surface area (Å²) >= 11 is 0. The molecular formula is C19H33N3O5. The van der Waals surface area contributed by atoms with E-state index in [-0.39, 0.29) is 23.8 Å². The number of urea groups is 1. The molecule has 1 saturated carbocycles. The SMILES string of the molecule is CC(C)CNC(=O)NC(=O)COC(=O)C1(CC(=O)NC(C)(C)C)CCCC1. The minimum atomic E-state index is -0.893. The molecular weight excluding hydrogens is 350 g/mol. The van der Waals surface area contributed by atoms with Gasteiger partial charge in [0.1, 0.15) is 0 Å². The lowest BCUT2D eigenvalue weighted by atomic mass is 9.82. The summed E-state index contributed by atoms with van der Waals surface area (Å²) in [5.41, 5.74) is -1.28. The number of hydrogen-bond acceptors (Lipinski definition) is 5. The lowest BCUT2D eigenvalue weighted by Gasteiger charge is -2.28. The Labute approximate surface area is 161 Å². The summed E-state index contributed by atoms with van der Waals surface area (Å²) in [6.07, 6.45) is 2.82. The molecule has 27 heavy (non-hydrogen) atoms. The van der Waals surface area contributed by atoms with Crippen LogP contribution in [-0.2, 0) is 19.1 Å². The zero-order valence-electron chi connectivity index (χ0n) is 17.1. The molecule has 8 heteroatoms. The van der Waals surface area contributed by atoms with Crippen LogP contribution in [0.1, 0.15) is 66.7 Å². The maximum atomic E-state index is 12.6. The maximum absolute atomic E-state index is 12.6. The minimum absolute atomic E-state index is 0.0413. The second kappa shape index (κ2) is 9.71. The Morgan fingerprint density at radius 3 is 2.15 bits per heavy atom. The third kappa shape index (κ3) is 8.41. The Kier molecular flexibility index (Phi) is 8.24. The summed E-state index contributed by atoms with van der Waals surface area (Å²) in [7, 11) is 0. The first-order valence-electron chi connectivity index (χ1n) is 9.49. The van der Waals surface area contributed by atoms with Crippen LogP contribution in [0.15, 0.2) is 0 Å². The van der Waals surface area contributed by atoms with Crippen LogP contribution in [0.4, 0.5) is 4.79 Å². The van der Waals surface area contributed by atoms with Crippen LogP contribution in [-0.4, -0.2) is 42.5 Å². The molecule has 0 aromatic carbocycles. The van der Waals surface area contributed by atoms with Crippen molar-refractivity contribution >= 4 is 23.8 Å². The summed E-state index contributed by atoms with van der Waals surface area (Å²) < 4.78 is 5.14. The highest BCUT2D eigenvalue weighted by molar-refractivity contribution is 5.96. The third-order valence-electron chi connectivity index (χ3n) is 4.27. The van der Waals surface area contributed by atoms with Crippen LogP contribution < -0.4 is 16.0 Å². The van der Waals surface area contributed by atoms with Crippen LogP contribution in [0.25, 0.3) is 0 Å². The molecule has 0 spiro atoms. The van der Waals surface area contributed by atoms with Crippen molar-refractivity contribution in [1.82, 2.24) is 16.0 Å². The molecule has 0 radical (unpaired) electrons. The van der Waals surface area contributed by atoms with Crippen molar-refractivity contribution in [2.24, 2.45) is 11.3 Å². The first kappa shape index (κ1) is 22.9. The monoisotopic (exact) mass is 383 g/mol. The second-order valence-corrected chi connectivity index (χ2v) is 8.69. The van der Waals surface area contributed by atoms with Gasteiger partial charge in [-0.15, -0.1) is 0 Å². The molecule has 0 aliphatic heterocycles. The molecule has 0 saturated heterocycles. The molecule has 0 aromatic rings. The third-order valence-corrected chi connectivity index (χ3v) is 4.27. The van der Waals surface area contributed by atoms with Crippen molar-refractivity contribution in [2.75, 3.05) is 13.2 Å². The van der Waals surface area contributed by atoms with Gasteiger partial charge in [-0.1, -0.05) is 26.7 Å². The molecule has 0 aromatic heterocycles. The average molecular weight is 383 g/mol. The predicted molar refractivity (Wildman–Crippen MR) is 101 cm³/mol. The number of esters is 1. The molecule has 3 N–H and O–H groups in total. The first-order chi connectivity index (χ1) is 12.4. The lowest BCUT2D eigenvalue weighted by Crippen LogP contribution is -2.45. The first-order valence-corrected chi connectivity index (χ1v) is 9.49. The van der Waals surface area contributed by atoms with Gasteiger partial charge in [-0.2, -0.15) is 0 Å². The van der Waals surface area contributed by atoms with E-state index < -0.39 is 29.9 Å². The number of ether oxygens (including phenoxy) is 1. The molecule has 154 valence electrons. The van der Waals surface area contributed by atoms with Gasteiger partial charge in [-0.05, 0) is 39.5 Å². The van der Waals surface area contributed by atoms with E-state index in [2.05, 4.69) is 16.0 Å². The molecule has 0 bridgehead atoms. The fourth-order valence-electron chi connectivity index (χ4n) is 3.06. The van der Waals surface area contributed by atoms with Crippen molar-refractivity contribution in [2.45, 2.75) is 72.3 Å². The highest BCUT2D eigenvalue weighted by Crippen LogP contribution is 2.42. The van der Waals surface area contributed by atoms with E-state index >= 15 is 0 Å². The molecule has 0 unspecified atom stereocenters. The topological polar surface area (TPSA) is 114 Å². The summed E-state index contributed by atoms with van der Waals surface area (Å²) in [5, 5.41) is 7.53.